The first kappa shape index (κ1) is 13.1. The molecule has 2 aromatic rings. The summed E-state index contributed by atoms with van der Waals surface area (Å²) in [6.07, 6.45) is 0. The summed E-state index contributed by atoms with van der Waals surface area (Å²) in [5.74, 6) is -1.23. The van der Waals surface area contributed by atoms with E-state index in [-0.39, 0.29) is 11.4 Å². The summed E-state index contributed by atoms with van der Waals surface area (Å²) in [5.41, 5.74) is 1.53. The zero-order chi connectivity index (χ0) is 13.8. The van der Waals surface area contributed by atoms with Crippen molar-refractivity contribution in [3.8, 4) is 0 Å². The average molecular weight is 259 g/mol. The van der Waals surface area contributed by atoms with Crippen LogP contribution in [0, 0.1) is 5.82 Å². The number of halogens is 1. The Labute approximate surface area is 110 Å². The molecular formula is C15H14FNO2. The van der Waals surface area contributed by atoms with Crippen molar-refractivity contribution in [3.05, 3.63) is 65.5 Å². The van der Waals surface area contributed by atoms with Crippen molar-refractivity contribution in [2.45, 2.75) is 6.54 Å². The number of nitrogens with zero attached hydrogens (tertiary/aromatic N) is 1. The van der Waals surface area contributed by atoms with Crippen LogP contribution in [-0.2, 0) is 6.54 Å². The third-order valence-corrected chi connectivity index (χ3v) is 2.90. The molecule has 0 fully saturated rings. The molecule has 0 aliphatic rings. The van der Waals surface area contributed by atoms with E-state index in [4.69, 9.17) is 5.11 Å². The number of hydrogen-bond donors (Lipinski definition) is 1. The number of carboxylic acid groups (broad SMARTS) is 1. The second-order valence-corrected chi connectivity index (χ2v) is 4.30. The number of benzene rings is 2. The Morgan fingerprint density at radius 1 is 1.21 bits per heavy atom. The normalized spacial score (nSPS) is 10.2. The van der Waals surface area contributed by atoms with E-state index in [2.05, 4.69) is 0 Å². The highest BCUT2D eigenvalue weighted by Gasteiger charge is 2.08. The van der Waals surface area contributed by atoms with E-state index < -0.39 is 5.97 Å². The summed E-state index contributed by atoms with van der Waals surface area (Å²) < 4.78 is 13.6. The van der Waals surface area contributed by atoms with E-state index >= 15 is 0 Å². The van der Waals surface area contributed by atoms with Crippen LogP contribution in [-0.4, -0.2) is 18.1 Å². The van der Waals surface area contributed by atoms with Crippen LogP contribution in [0.2, 0.25) is 0 Å². The Morgan fingerprint density at radius 2 is 1.95 bits per heavy atom. The molecule has 0 saturated carbocycles. The van der Waals surface area contributed by atoms with Crippen molar-refractivity contribution in [2.24, 2.45) is 0 Å². The molecule has 2 aromatic carbocycles. The van der Waals surface area contributed by atoms with Crippen molar-refractivity contribution >= 4 is 11.7 Å². The smallest absolute Gasteiger partial charge is 0.335 e. The van der Waals surface area contributed by atoms with Gasteiger partial charge in [-0.2, -0.15) is 0 Å². The number of hydrogen-bond acceptors (Lipinski definition) is 2. The monoisotopic (exact) mass is 259 g/mol. The van der Waals surface area contributed by atoms with Crippen molar-refractivity contribution in [2.75, 3.05) is 11.9 Å². The van der Waals surface area contributed by atoms with Gasteiger partial charge in [-0.25, -0.2) is 9.18 Å². The fourth-order valence-electron chi connectivity index (χ4n) is 1.85. The van der Waals surface area contributed by atoms with Gasteiger partial charge in [0.25, 0.3) is 0 Å². The van der Waals surface area contributed by atoms with Crippen LogP contribution in [0.5, 0.6) is 0 Å². The van der Waals surface area contributed by atoms with Gasteiger partial charge in [0.15, 0.2) is 0 Å². The fraction of sp³-hybridized carbons (Fsp3) is 0.133. The molecule has 0 radical (unpaired) electrons. The van der Waals surface area contributed by atoms with Gasteiger partial charge >= 0.3 is 5.97 Å². The number of aromatic carboxylic acids is 1. The fourth-order valence-corrected chi connectivity index (χ4v) is 1.85. The molecule has 0 amide bonds. The summed E-state index contributed by atoms with van der Waals surface area (Å²) >= 11 is 0. The maximum Gasteiger partial charge on any atom is 0.335 e. The molecule has 0 unspecified atom stereocenters. The highest BCUT2D eigenvalue weighted by molar-refractivity contribution is 5.88. The quantitative estimate of drug-likeness (QED) is 0.916. The van der Waals surface area contributed by atoms with Crippen LogP contribution in [0.25, 0.3) is 0 Å². The van der Waals surface area contributed by atoms with E-state index in [9.17, 15) is 9.18 Å². The molecule has 0 aliphatic carbocycles. The summed E-state index contributed by atoms with van der Waals surface area (Å²) in [4.78, 5) is 12.7. The predicted molar refractivity (Wildman–Crippen MR) is 71.9 cm³/mol. The SMILES string of the molecule is CN(Cc1ccccc1F)c1cccc(C(=O)O)c1. The molecule has 3 nitrogen and oxygen atoms in total. The molecule has 0 atom stereocenters. The summed E-state index contributed by atoms with van der Waals surface area (Å²) in [6.45, 7) is 0.385. The van der Waals surface area contributed by atoms with Crippen molar-refractivity contribution in [1.82, 2.24) is 0 Å². The van der Waals surface area contributed by atoms with Crippen LogP contribution < -0.4 is 4.90 Å². The molecule has 2 rings (SSSR count). The van der Waals surface area contributed by atoms with E-state index in [1.165, 1.54) is 12.1 Å². The first-order valence-corrected chi connectivity index (χ1v) is 5.86. The number of carbonyl (C=O) groups is 1. The maximum absolute atomic E-state index is 13.6. The van der Waals surface area contributed by atoms with Crippen LogP contribution in [0.3, 0.4) is 0 Å². The van der Waals surface area contributed by atoms with E-state index in [0.29, 0.717) is 12.1 Å². The molecule has 0 spiro atoms. The topological polar surface area (TPSA) is 40.5 Å². The van der Waals surface area contributed by atoms with Gasteiger partial charge in [-0.3, -0.25) is 0 Å². The molecule has 4 heteroatoms. The van der Waals surface area contributed by atoms with Gasteiger partial charge in [-0.15, -0.1) is 0 Å². The first-order valence-electron chi connectivity index (χ1n) is 5.86. The number of anilines is 1. The molecule has 0 aliphatic heterocycles. The van der Waals surface area contributed by atoms with Gasteiger partial charge in [-0.05, 0) is 24.3 Å². The van der Waals surface area contributed by atoms with E-state index in [0.717, 1.165) is 5.69 Å². The Morgan fingerprint density at radius 3 is 2.63 bits per heavy atom. The average Bonchev–Trinajstić information content (AvgIpc) is 2.41. The zero-order valence-electron chi connectivity index (χ0n) is 10.5. The molecule has 0 saturated heterocycles. The Balaban J connectivity index is 2.20. The third kappa shape index (κ3) is 3.10. The zero-order valence-corrected chi connectivity index (χ0v) is 10.5. The molecule has 98 valence electrons. The minimum Gasteiger partial charge on any atom is -0.478 e. The Kier molecular flexibility index (Phi) is 3.80. The highest BCUT2D eigenvalue weighted by atomic mass is 19.1. The van der Waals surface area contributed by atoms with Gasteiger partial charge in [0.2, 0.25) is 0 Å². The van der Waals surface area contributed by atoms with Crippen LogP contribution in [0.1, 0.15) is 15.9 Å². The molecular weight excluding hydrogens is 245 g/mol. The maximum atomic E-state index is 13.6. The Bertz CT molecular complexity index is 598. The standard InChI is InChI=1S/C15H14FNO2/c1-17(10-12-5-2-3-8-14(12)16)13-7-4-6-11(9-13)15(18)19/h2-9H,10H2,1H3,(H,18,19). The first-order chi connectivity index (χ1) is 9.08. The van der Waals surface area contributed by atoms with Crippen molar-refractivity contribution in [1.29, 1.82) is 0 Å². The molecule has 0 bridgehead atoms. The lowest BCUT2D eigenvalue weighted by molar-refractivity contribution is 0.0697. The summed E-state index contributed by atoms with van der Waals surface area (Å²) in [5, 5.41) is 8.95. The van der Waals surface area contributed by atoms with Gasteiger partial charge in [0, 0.05) is 24.8 Å². The van der Waals surface area contributed by atoms with Gasteiger partial charge in [0.1, 0.15) is 5.82 Å². The lowest BCUT2D eigenvalue weighted by Gasteiger charge is -2.20. The second-order valence-electron chi connectivity index (χ2n) is 4.30. The lowest BCUT2D eigenvalue weighted by Crippen LogP contribution is -2.17. The van der Waals surface area contributed by atoms with Crippen LogP contribution >= 0.6 is 0 Å². The second kappa shape index (κ2) is 5.52. The molecule has 0 heterocycles. The minimum absolute atomic E-state index is 0.220. The highest BCUT2D eigenvalue weighted by Crippen LogP contribution is 2.18. The van der Waals surface area contributed by atoms with Gasteiger partial charge in [-0.1, -0.05) is 24.3 Å². The molecule has 19 heavy (non-hydrogen) atoms. The lowest BCUT2D eigenvalue weighted by atomic mass is 10.1. The molecule has 0 aromatic heterocycles. The summed E-state index contributed by atoms with van der Waals surface area (Å²) in [7, 11) is 1.80. The third-order valence-electron chi connectivity index (χ3n) is 2.90. The van der Waals surface area contributed by atoms with Crippen LogP contribution in [0.4, 0.5) is 10.1 Å². The Hall–Kier alpha value is -2.36. The number of carboxylic acids is 1. The van der Waals surface area contributed by atoms with Crippen molar-refractivity contribution < 1.29 is 14.3 Å². The molecule has 1 N–H and O–H groups in total. The van der Waals surface area contributed by atoms with Crippen LogP contribution in [0.15, 0.2) is 48.5 Å². The van der Waals surface area contributed by atoms with Gasteiger partial charge < -0.3 is 10.0 Å². The van der Waals surface area contributed by atoms with E-state index in [1.54, 1.807) is 43.4 Å². The minimum atomic E-state index is -0.971. The predicted octanol–water partition coefficient (Wildman–Crippen LogP) is 3.16. The largest absolute Gasteiger partial charge is 0.478 e. The summed E-state index contributed by atoms with van der Waals surface area (Å²) in [6, 6.07) is 13.1. The van der Waals surface area contributed by atoms with Crippen molar-refractivity contribution in [3.63, 3.8) is 0 Å². The van der Waals surface area contributed by atoms with Gasteiger partial charge in [0.05, 0.1) is 5.56 Å². The van der Waals surface area contributed by atoms with E-state index in [1.807, 2.05) is 4.90 Å². The number of rotatable bonds is 4.